The first kappa shape index (κ1) is 14.2. The van der Waals surface area contributed by atoms with Gasteiger partial charge in [0.15, 0.2) is 0 Å². The minimum Gasteiger partial charge on any atom is -0.395 e. The molecule has 0 aromatic heterocycles. The molecule has 1 rings (SSSR count). The van der Waals surface area contributed by atoms with E-state index in [-0.39, 0.29) is 12.4 Å². The van der Waals surface area contributed by atoms with E-state index in [1.807, 2.05) is 12.1 Å². The summed E-state index contributed by atoms with van der Waals surface area (Å²) in [4.78, 5) is 2.76. The fourth-order valence-electron chi connectivity index (χ4n) is 1.46. The molecule has 0 fully saturated rings. The number of benzene rings is 1. The van der Waals surface area contributed by atoms with Gasteiger partial charge in [0.05, 0.1) is 6.61 Å². The van der Waals surface area contributed by atoms with Crippen LogP contribution in [-0.2, 0) is 0 Å². The van der Waals surface area contributed by atoms with Gasteiger partial charge in [0.2, 0.25) is 0 Å². The second kappa shape index (κ2) is 8.28. The fourth-order valence-corrected chi connectivity index (χ4v) is 2.41. The predicted molar refractivity (Wildman–Crippen MR) is 70.8 cm³/mol. The molecule has 17 heavy (non-hydrogen) atoms. The molecule has 0 spiro atoms. The molecule has 1 N–H and O–H groups in total. The van der Waals surface area contributed by atoms with Gasteiger partial charge in [0, 0.05) is 30.3 Å². The summed E-state index contributed by atoms with van der Waals surface area (Å²) in [6.45, 7) is 6.00. The van der Waals surface area contributed by atoms with Crippen LogP contribution < -0.4 is 0 Å². The maximum absolute atomic E-state index is 13.3. The van der Waals surface area contributed by atoms with E-state index in [1.165, 1.54) is 17.8 Å². The van der Waals surface area contributed by atoms with Crippen molar-refractivity contribution in [1.29, 1.82) is 0 Å². The van der Waals surface area contributed by atoms with Crippen LogP contribution in [0.15, 0.2) is 41.8 Å². The molecule has 0 bridgehead atoms. The summed E-state index contributed by atoms with van der Waals surface area (Å²) < 4.78 is 13.3. The van der Waals surface area contributed by atoms with Crippen LogP contribution in [0.4, 0.5) is 4.39 Å². The summed E-state index contributed by atoms with van der Waals surface area (Å²) in [5.41, 5.74) is 0. The van der Waals surface area contributed by atoms with Crippen LogP contribution in [0.1, 0.15) is 0 Å². The molecule has 0 aliphatic heterocycles. The highest BCUT2D eigenvalue weighted by Crippen LogP contribution is 2.20. The van der Waals surface area contributed by atoms with Crippen molar-refractivity contribution in [3.8, 4) is 0 Å². The van der Waals surface area contributed by atoms with E-state index >= 15 is 0 Å². The van der Waals surface area contributed by atoms with Gasteiger partial charge in [-0.1, -0.05) is 18.2 Å². The highest BCUT2D eigenvalue weighted by atomic mass is 32.2. The van der Waals surface area contributed by atoms with Crippen molar-refractivity contribution in [3.63, 3.8) is 0 Å². The molecular weight excluding hydrogens is 237 g/mol. The van der Waals surface area contributed by atoms with Gasteiger partial charge < -0.3 is 5.11 Å². The van der Waals surface area contributed by atoms with Crippen LogP contribution in [-0.4, -0.2) is 42.0 Å². The van der Waals surface area contributed by atoms with Crippen molar-refractivity contribution in [1.82, 2.24) is 4.90 Å². The average Bonchev–Trinajstić information content (AvgIpc) is 2.32. The summed E-state index contributed by atoms with van der Waals surface area (Å²) in [5.74, 6) is 0.629. The second-order valence-electron chi connectivity index (χ2n) is 3.59. The summed E-state index contributed by atoms with van der Waals surface area (Å²) in [5, 5.41) is 8.88. The Balaban J connectivity index is 2.35. The molecular formula is C13H18FNOS. The lowest BCUT2D eigenvalue weighted by Gasteiger charge is -2.18. The number of hydrogen-bond acceptors (Lipinski definition) is 3. The lowest BCUT2D eigenvalue weighted by Crippen LogP contribution is -2.29. The van der Waals surface area contributed by atoms with E-state index in [0.29, 0.717) is 11.4 Å². The molecule has 1 aromatic carbocycles. The first-order valence-corrected chi connectivity index (χ1v) is 6.58. The van der Waals surface area contributed by atoms with E-state index in [4.69, 9.17) is 5.11 Å². The number of rotatable bonds is 8. The smallest absolute Gasteiger partial charge is 0.136 e. The van der Waals surface area contributed by atoms with E-state index in [9.17, 15) is 4.39 Å². The lowest BCUT2D eigenvalue weighted by molar-refractivity contribution is 0.215. The molecule has 0 heterocycles. The summed E-state index contributed by atoms with van der Waals surface area (Å²) in [6.07, 6.45) is 1.81. The number of nitrogens with zero attached hydrogens (tertiary/aromatic N) is 1. The van der Waals surface area contributed by atoms with Crippen LogP contribution in [0, 0.1) is 5.82 Å². The highest BCUT2D eigenvalue weighted by molar-refractivity contribution is 7.99. The molecule has 2 nitrogen and oxygen atoms in total. The molecule has 0 amide bonds. The van der Waals surface area contributed by atoms with Gasteiger partial charge >= 0.3 is 0 Å². The molecule has 1 aromatic rings. The third-order valence-corrected chi connectivity index (χ3v) is 3.33. The van der Waals surface area contributed by atoms with Crippen LogP contribution in [0.2, 0.25) is 0 Å². The topological polar surface area (TPSA) is 23.5 Å². The number of hydrogen-bond donors (Lipinski definition) is 1. The van der Waals surface area contributed by atoms with E-state index in [1.54, 1.807) is 12.1 Å². The van der Waals surface area contributed by atoms with Crippen molar-refractivity contribution in [2.75, 3.05) is 32.0 Å². The molecule has 0 aliphatic carbocycles. The van der Waals surface area contributed by atoms with Gasteiger partial charge in [-0.05, 0) is 12.1 Å². The Labute approximate surface area is 106 Å². The SMILES string of the molecule is C=CCN(CCO)CCSc1ccccc1F. The number of aliphatic hydroxyl groups excluding tert-OH is 1. The molecule has 0 atom stereocenters. The van der Waals surface area contributed by atoms with Gasteiger partial charge in [-0.3, -0.25) is 4.90 Å². The molecule has 0 saturated heterocycles. The molecule has 94 valence electrons. The number of halogens is 1. The van der Waals surface area contributed by atoms with Crippen LogP contribution in [0.25, 0.3) is 0 Å². The van der Waals surface area contributed by atoms with E-state index in [0.717, 1.165) is 18.8 Å². The van der Waals surface area contributed by atoms with Gasteiger partial charge in [-0.2, -0.15) is 0 Å². The Bertz CT molecular complexity index is 346. The van der Waals surface area contributed by atoms with Gasteiger partial charge in [-0.25, -0.2) is 4.39 Å². The zero-order valence-electron chi connectivity index (χ0n) is 9.81. The second-order valence-corrected chi connectivity index (χ2v) is 4.73. The molecule has 0 aliphatic rings. The maximum Gasteiger partial charge on any atom is 0.136 e. The van der Waals surface area contributed by atoms with Crippen molar-refractivity contribution in [2.45, 2.75) is 4.90 Å². The maximum atomic E-state index is 13.3. The minimum absolute atomic E-state index is 0.137. The zero-order valence-corrected chi connectivity index (χ0v) is 10.6. The summed E-state index contributed by atoms with van der Waals surface area (Å²) in [6, 6.07) is 6.78. The first-order chi connectivity index (χ1) is 8.27. The number of aliphatic hydroxyl groups is 1. The minimum atomic E-state index is -0.171. The van der Waals surface area contributed by atoms with Crippen LogP contribution in [0.3, 0.4) is 0 Å². The lowest BCUT2D eigenvalue weighted by atomic mass is 10.3. The summed E-state index contributed by atoms with van der Waals surface area (Å²) in [7, 11) is 0. The average molecular weight is 255 g/mol. The fraction of sp³-hybridized carbons (Fsp3) is 0.385. The summed E-state index contributed by atoms with van der Waals surface area (Å²) >= 11 is 1.49. The quantitative estimate of drug-likeness (QED) is 0.570. The Hall–Kier alpha value is -0.840. The van der Waals surface area contributed by atoms with Crippen LogP contribution in [0.5, 0.6) is 0 Å². The highest BCUT2D eigenvalue weighted by Gasteiger charge is 2.04. The van der Waals surface area contributed by atoms with Crippen molar-refractivity contribution in [3.05, 3.63) is 42.7 Å². The van der Waals surface area contributed by atoms with Gasteiger partial charge in [-0.15, -0.1) is 18.3 Å². The van der Waals surface area contributed by atoms with Crippen molar-refractivity contribution >= 4 is 11.8 Å². The largest absolute Gasteiger partial charge is 0.395 e. The monoisotopic (exact) mass is 255 g/mol. The molecule has 0 unspecified atom stereocenters. The standard InChI is InChI=1S/C13H18FNOS/c1-2-7-15(8-10-16)9-11-17-13-6-4-3-5-12(13)14/h2-6,16H,1,7-11H2. The van der Waals surface area contributed by atoms with Crippen LogP contribution >= 0.6 is 11.8 Å². The third kappa shape index (κ3) is 5.35. The third-order valence-electron chi connectivity index (χ3n) is 2.31. The Kier molecular flexibility index (Phi) is 6.93. The van der Waals surface area contributed by atoms with E-state index in [2.05, 4.69) is 11.5 Å². The zero-order chi connectivity index (χ0) is 12.5. The Morgan fingerprint density at radius 2 is 2.12 bits per heavy atom. The Morgan fingerprint density at radius 1 is 1.35 bits per heavy atom. The van der Waals surface area contributed by atoms with Crippen molar-refractivity contribution in [2.24, 2.45) is 0 Å². The predicted octanol–water partition coefficient (Wildman–Crippen LogP) is 2.40. The van der Waals surface area contributed by atoms with Crippen molar-refractivity contribution < 1.29 is 9.50 Å². The molecule has 0 radical (unpaired) electrons. The van der Waals surface area contributed by atoms with Gasteiger partial charge in [0.25, 0.3) is 0 Å². The van der Waals surface area contributed by atoms with E-state index < -0.39 is 0 Å². The number of thioether (sulfide) groups is 1. The first-order valence-electron chi connectivity index (χ1n) is 5.59. The normalized spacial score (nSPS) is 10.8. The molecule has 0 saturated carbocycles. The Morgan fingerprint density at radius 3 is 2.76 bits per heavy atom. The van der Waals surface area contributed by atoms with Gasteiger partial charge in [0.1, 0.15) is 5.82 Å². The molecule has 4 heteroatoms.